The van der Waals surface area contributed by atoms with Gasteiger partial charge in [0.05, 0.1) is 5.39 Å². The third-order valence-corrected chi connectivity index (χ3v) is 3.21. The van der Waals surface area contributed by atoms with E-state index in [1.807, 2.05) is 0 Å². The number of aryl methyl sites for hydroxylation is 1. The van der Waals surface area contributed by atoms with Crippen LogP contribution in [0.2, 0.25) is 0 Å². The molecular formula is C9H8N2O4S. The average Bonchev–Trinajstić information content (AvgIpc) is 2.54. The normalized spacial score (nSPS) is 10.8. The van der Waals surface area contributed by atoms with Gasteiger partial charge in [-0.1, -0.05) is 0 Å². The Balaban J connectivity index is 2.84. The topological polar surface area (TPSA) is 92.2 Å². The van der Waals surface area contributed by atoms with Crippen molar-refractivity contribution in [2.75, 3.05) is 0 Å². The summed E-state index contributed by atoms with van der Waals surface area (Å²) < 4.78 is 0.685. The third kappa shape index (κ3) is 1.54. The molecule has 0 saturated carbocycles. The molecule has 0 saturated heterocycles. The van der Waals surface area contributed by atoms with Gasteiger partial charge in [-0.25, -0.2) is 9.36 Å². The summed E-state index contributed by atoms with van der Waals surface area (Å²) >= 11 is 1.25. The van der Waals surface area contributed by atoms with E-state index >= 15 is 0 Å². The van der Waals surface area contributed by atoms with Gasteiger partial charge in [-0.2, -0.15) is 0 Å². The van der Waals surface area contributed by atoms with E-state index in [-0.39, 0.29) is 0 Å². The number of carboxylic acid groups (broad SMARTS) is 1. The molecule has 0 aliphatic carbocycles. The molecule has 0 aliphatic rings. The molecule has 0 unspecified atom stereocenters. The lowest BCUT2D eigenvalue weighted by molar-refractivity contribution is -0.137. The van der Waals surface area contributed by atoms with Gasteiger partial charge in [-0.05, 0) is 17.9 Å². The largest absolute Gasteiger partial charge is 0.480 e. The smallest absolute Gasteiger partial charge is 0.329 e. The van der Waals surface area contributed by atoms with Crippen molar-refractivity contribution >= 4 is 27.5 Å². The summed E-state index contributed by atoms with van der Waals surface area (Å²) in [5, 5.41) is 10.7. The van der Waals surface area contributed by atoms with Crippen LogP contribution in [0.15, 0.2) is 15.0 Å². The summed E-state index contributed by atoms with van der Waals surface area (Å²) in [6.07, 6.45) is 0. The van der Waals surface area contributed by atoms with Crippen molar-refractivity contribution in [1.29, 1.82) is 0 Å². The average molecular weight is 240 g/mol. The molecule has 2 aromatic rings. The minimum atomic E-state index is -1.22. The highest BCUT2D eigenvalue weighted by Crippen LogP contribution is 2.18. The number of aromatic amines is 1. The van der Waals surface area contributed by atoms with E-state index in [1.54, 1.807) is 12.3 Å². The predicted molar refractivity (Wildman–Crippen MR) is 59.1 cm³/mol. The lowest BCUT2D eigenvalue weighted by Crippen LogP contribution is -2.37. The number of H-pyrrole nitrogens is 1. The van der Waals surface area contributed by atoms with E-state index in [4.69, 9.17) is 5.11 Å². The molecule has 84 valence electrons. The number of thiophene rings is 1. The van der Waals surface area contributed by atoms with Crippen molar-refractivity contribution in [1.82, 2.24) is 9.55 Å². The SMILES string of the molecule is Cc1csc2[nH]c(=O)n(CC(=O)O)c(=O)c12. The minimum absolute atomic E-state index is 0.380. The van der Waals surface area contributed by atoms with Crippen molar-refractivity contribution in [3.8, 4) is 0 Å². The Kier molecular flexibility index (Phi) is 2.39. The number of aliphatic carboxylic acids is 1. The number of fused-ring (bicyclic) bond motifs is 1. The van der Waals surface area contributed by atoms with E-state index in [0.29, 0.717) is 14.8 Å². The van der Waals surface area contributed by atoms with Crippen LogP contribution in [0.1, 0.15) is 5.56 Å². The van der Waals surface area contributed by atoms with Crippen molar-refractivity contribution in [2.24, 2.45) is 0 Å². The van der Waals surface area contributed by atoms with Gasteiger partial charge in [0.15, 0.2) is 0 Å². The van der Waals surface area contributed by atoms with Crippen LogP contribution in [-0.4, -0.2) is 20.6 Å². The zero-order valence-electron chi connectivity index (χ0n) is 8.31. The van der Waals surface area contributed by atoms with E-state index in [1.165, 1.54) is 11.3 Å². The molecule has 2 N–H and O–H groups in total. The number of hydrogen-bond donors (Lipinski definition) is 2. The van der Waals surface area contributed by atoms with Gasteiger partial charge in [0.1, 0.15) is 11.4 Å². The summed E-state index contributed by atoms with van der Waals surface area (Å²) in [5.74, 6) is -1.22. The molecule has 2 aromatic heterocycles. The van der Waals surface area contributed by atoms with Crippen molar-refractivity contribution in [2.45, 2.75) is 13.5 Å². The maximum atomic E-state index is 11.9. The maximum Gasteiger partial charge on any atom is 0.329 e. The summed E-state index contributed by atoms with van der Waals surface area (Å²) in [6, 6.07) is 0. The Bertz CT molecular complexity index is 679. The lowest BCUT2D eigenvalue weighted by Gasteiger charge is -2.00. The van der Waals surface area contributed by atoms with Crippen molar-refractivity contribution in [3.05, 3.63) is 31.8 Å². The number of nitrogens with one attached hydrogen (secondary N) is 1. The van der Waals surface area contributed by atoms with Crippen molar-refractivity contribution in [3.63, 3.8) is 0 Å². The number of aromatic nitrogens is 2. The molecule has 2 heterocycles. The fourth-order valence-electron chi connectivity index (χ4n) is 1.47. The van der Waals surface area contributed by atoms with Gasteiger partial charge in [0.2, 0.25) is 0 Å². The number of carboxylic acids is 1. The Hall–Kier alpha value is -1.89. The second-order valence-electron chi connectivity index (χ2n) is 3.34. The van der Waals surface area contributed by atoms with Gasteiger partial charge >= 0.3 is 11.7 Å². The highest BCUT2D eigenvalue weighted by Gasteiger charge is 2.12. The van der Waals surface area contributed by atoms with Gasteiger partial charge in [0, 0.05) is 0 Å². The van der Waals surface area contributed by atoms with Crippen LogP contribution in [0.3, 0.4) is 0 Å². The number of rotatable bonds is 2. The minimum Gasteiger partial charge on any atom is -0.480 e. The molecule has 0 aromatic carbocycles. The molecule has 16 heavy (non-hydrogen) atoms. The van der Waals surface area contributed by atoms with Crippen LogP contribution in [0.4, 0.5) is 0 Å². The third-order valence-electron chi connectivity index (χ3n) is 2.19. The van der Waals surface area contributed by atoms with Gasteiger partial charge in [0.25, 0.3) is 5.56 Å². The first-order chi connectivity index (χ1) is 7.50. The van der Waals surface area contributed by atoms with Gasteiger partial charge in [-0.15, -0.1) is 11.3 Å². The fourth-order valence-corrected chi connectivity index (χ4v) is 2.40. The summed E-state index contributed by atoms with van der Waals surface area (Å²) in [7, 11) is 0. The first-order valence-electron chi connectivity index (χ1n) is 4.43. The molecule has 0 radical (unpaired) electrons. The second kappa shape index (κ2) is 3.60. The molecule has 6 nitrogen and oxygen atoms in total. The quantitative estimate of drug-likeness (QED) is 0.781. The molecule has 2 rings (SSSR count). The molecule has 7 heteroatoms. The predicted octanol–water partition coefficient (Wildman–Crippen LogP) is 0.144. The molecule has 0 amide bonds. The van der Waals surface area contributed by atoms with E-state index in [2.05, 4.69) is 4.98 Å². The summed E-state index contributed by atoms with van der Waals surface area (Å²) in [5.41, 5.74) is -0.512. The molecule has 0 fully saturated rings. The maximum absolute atomic E-state index is 11.9. The monoisotopic (exact) mass is 240 g/mol. The van der Waals surface area contributed by atoms with Crippen LogP contribution in [0, 0.1) is 6.92 Å². The fraction of sp³-hybridized carbons (Fsp3) is 0.222. The first-order valence-corrected chi connectivity index (χ1v) is 5.31. The van der Waals surface area contributed by atoms with E-state index in [0.717, 1.165) is 5.56 Å². The highest BCUT2D eigenvalue weighted by atomic mass is 32.1. The molecule has 0 bridgehead atoms. The number of carbonyl (C=O) groups is 1. The van der Waals surface area contributed by atoms with Crippen LogP contribution in [-0.2, 0) is 11.3 Å². The molecule has 0 atom stereocenters. The van der Waals surface area contributed by atoms with Gasteiger partial charge in [-0.3, -0.25) is 14.6 Å². The van der Waals surface area contributed by atoms with E-state index < -0.39 is 23.8 Å². The van der Waals surface area contributed by atoms with Crippen LogP contribution < -0.4 is 11.2 Å². The Morgan fingerprint density at radius 2 is 2.25 bits per heavy atom. The number of hydrogen-bond acceptors (Lipinski definition) is 4. The van der Waals surface area contributed by atoms with Crippen LogP contribution in [0.5, 0.6) is 0 Å². The first kappa shape index (κ1) is 10.6. The Labute approximate surface area is 92.8 Å². The second-order valence-corrected chi connectivity index (χ2v) is 4.22. The van der Waals surface area contributed by atoms with Crippen molar-refractivity contribution < 1.29 is 9.90 Å². The molecule has 0 aliphatic heterocycles. The number of nitrogens with zero attached hydrogens (tertiary/aromatic N) is 1. The summed E-state index contributed by atoms with van der Waals surface area (Å²) in [6.45, 7) is 1.11. The molecule has 0 spiro atoms. The van der Waals surface area contributed by atoms with Gasteiger partial charge < -0.3 is 5.11 Å². The Morgan fingerprint density at radius 1 is 1.56 bits per heavy atom. The zero-order chi connectivity index (χ0) is 11.9. The Morgan fingerprint density at radius 3 is 2.88 bits per heavy atom. The zero-order valence-corrected chi connectivity index (χ0v) is 9.13. The lowest BCUT2D eigenvalue weighted by atomic mass is 10.3. The van der Waals surface area contributed by atoms with Crippen LogP contribution in [0.25, 0.3) is 10.2 Å². The molecular weight excluding hydrogens is 232 g/mol. The van der Waals surface area contributed by atoms with E-state index in [9.17, 15) is 14.4 Å². The summed E-state index contributed by atoms with van der Waals surface area (Å²) in [4.78, 5) is 36.8. The van der Waals surface area contributed by atoms with Crippen LogP contribution >= 0.6 is 11.3 Å². The highest BCUT2D eigenvalue weighted by molar-refractivity contribution is 7.16. The standard InChI is InChI=1S/C9H8N2O4S/c1-4-3-16-7-6(4)8(14)11(2-5(12)13)9(15)10-7/h3H,2H2,1H3,(H,10,15)(H,12,13).